The molecule has 3 aliphatic heterocycles. The molecule has 3 unspecified atom stereocenters. The zero-order valence-electron chi connectivity index (χ0n) is 23.4. The van der Waals surface area contributed by atoms with Crippen LogP contribution in [-0.2, 0) is 19.9 Å². The predicted molar refractivity (Wildman–Crippen MR) is 161 cm³/mol. The lowest BCUT2D eigenvalue weighted by molar-refractivity contribution is -0.124. The van der Waals surface area contributed by atoms with Crippen molar-refractivity contribution in [3.05, 3.63) is 101 Å². The highest BCUT2D eigenvalue weighted by Gasteiger charge is 2.64. The highest BCUT2D eigenvalue weighted by Crippen LogP contribution is 2.55. The number of hydrogen-bond donors (Lipinski definition) is 2. The van der Waals surface area contributed by atoms with E-state index in [1.54, 1.807) is 13.0 Å². The van der Waals surface area contributed by atoms with E-state index < -0.39 is 17.5 Å². The van der Waals surface area contributed by atoms with E-state index in [-0.39, 0.29) is 24.0 Å². The van der Waals surface area contributed by atoms with Crippen molar-refractivity contribution in [1.82, 2.24) is 5.16 Å². The molecule has 1 aromatic heterocycles. The summed E-state index contributed by atoms with van der Waals surface area (Å²) in [4.78, 5) is 45.5. The lowest BCUT2D eigenvalue weighted by atomic mass is 9.87. The SMILES string of the molecule is Cc1noc(/C=C/c2ccc(N(C)C)cc2)c1N1C(C2C(=O)Nc3ccccc32)C(=O)CC12C(=O)Nc1ccccc12. The molecule has 0 bridgehead atoms. The number of nitrogens with one attached hydrogen (secondary N) is 2. The van der Waals surface area contributed by atoms with Crippen LogP contribution in [0.25, 0.3) is 12.2 Å². The molecule has 0 radical (unpaired) electrons. The van der Waals surface area contributed by atoms with Gasteiger partial charge in [-0.1, -0.05) is 59.8 Å². The Labute approximate surface area is 242 Å². The van der Waals surface area contributed by atoms with Crippen molar-refractivity contribution in [2.75, 3.05) is 34.5 Å². The van der Waals surface area contributed by atoms with E-state index >= 15 is 0 Å². The van der Waals surface area contributed by atoms with Crippen LogP contribution in [-0.4, -0.2) is 42.9 Å². The van der Waals surface area contributed by atoms with Crippen LogP contribution in [0.5, 0.6) is 0 Å². The summed E-state index contributed by atoms with van der Waals surface area (Å²) < 4.78 is 5.83. The molecule has 0 saturated carbocycles. The second kappa shape index (κ2) is 9.44. The van der Waals surface area contributed by atoms with Crippen LogP contribution in [0.3, 0.4) is 0 Å². The highest BCUT2D eigenvalue weighted by molar-refractivity contribution is 6.17. The third-order valence-corrected chi connectivity index (χ3v) is 8.53. The maximum absolute atomic E-state index is 14.2. The zero-order chi connectivity index (χ0) is 29.2. The molecule has 7 rings (SSSR count). The quantitative estimate of drug-likeness (QED) is 0.356. The van der Waals surface area contributed by atoms with Gasteiger partial charge in [-0.25, -0.2) is 0 Å². The Morgan fingerprint density at radius 2 is 1.64 bits per heavy atom. The van der Waals surface area contributed by atoms with Gasteiger partial charge in [-0.15, -0.1) is 0 Å². The standard InChI is InChI=1S/C33H29N5O4/c1-19-29(27(42-36-19)17-14-20-12-15-21(16-13-20)37(2)3)38-30(28-22-8-4-6-10-24(22)34-31(28)40)26(39)18-33(38)23-9-5-7-11-25(23)35-32(33)41/h4-17,28,30H,18H2,1-3H3,(H,34,40)(H,35,41)/b17-14+. The first-order chi connectivity index (χ1) is 20.3. The summed E-state index contributed by atoms with van der Waals surface area (Å²) in [6, 6.07) is 21.8. The van der Waals surface area contributed by atoms with Crippen LogP contribution in [0.4, 0.5) is 22.7 Å². The van der Waals surface area contributed by atoms with Gasteiger partial charge in [0.25, 0.3) is 5.91 Å². The van der Waals surface area contributed by atoms with Gasteiger partial charge in [0.2, 0.25) is 5.91 Å². The molecule has 0 aliphatic carbocycles. The number of nitrogens with zero attached hydrogens (tertiary/aromatic N) is 3. The molecular weight excluding hydrogens is 530 g/mol. The van der Waals surface area contributed by atoms with Crippen molar-refractivity contribution in [1.29, 1.82) is 0 Å². The normalized spacial score (nSPS) is 22.5. The Morgan fingerprint density at radius 3 is 2.40 bits per heavy atom. The number of anilines is 4. The second-order valence-corrected chi connectivity index (χ2v) is 11.2. The van der Waals surface area contributed by atoms with Crippen molar-refractivity contribution < 1.29 is 18.9 Å². The molecule has 42 heavy (non-hydrogen) atoms. The topological polar surface area (TPSA) is 108 Å². The highest BCUT2D eigenvalue weighted by atomic mass is 16.5. The van der Waals surface area contributed by atoms with Gasteiger partial charge >= 0.3 is 0 Å². The molecule has 4 heterocycles. The Hall–Kier alpha value is -5.18. The average molecular weight is 560 g/mol. The van der Waals surface area contributed by atoms with Crippen LogP contribution in [0.15, 0.2) is 77.3 Å². The lowest BCUT2D eigenvalue weighted by Crippen LogP contribution is -2.53. The van der Waals surface area contributed by atoms with Gasteiger partial charge in [0.15, 0.2) is 17.1 Å². The predicted octanol–water partition coefficient (Wildman–Crippen LogP) is 4.95. The number of carbonyl (C=O) groups is 3. The van der Waals surface area contributed by atoms with E-state index in [1.807, 2.05) is 103 Å². The van der Waals surface area contributed by atoms with Crippen molar-refractivity contribution >= 4 is 52.5 Å². The first-order valence-electron chi connectivity index (χ1n) is 13.8. The third-order valence-electron chi connectivity index (χ3n) is 8.53. The molecule has 3 aliphatic rings. The lowest BCUT2D eigenvalue weighted by Gasteiger charge is -2.39. The number of fused-ring (bicyclic) bond motifs is 3. The molecule has 1 saturated heterocycles. The van der Waals surface area contributed by atoms with Crippen LogP contribution in [0.1, 0.15) is 40.5 Å². The minimum atomic E-state index is -1.37. The number of ketones is 1. The summed E-state index contributed by atoms with van der Waals surface area (Å²) in [5, 5.41) is 10.2. The molecule has 9 heteroatoms. The molecule has 1 fully saturated rings. The fraction of sp³-hybridized carbons (Fsp3) is 0.212. The van der Waals surface area contributed by atoms with Crippen molar-refractivity contribution in [2.24, 2.45) is 0 Å². The largest absolute Gasteiger partial charge is 0.378 e. The summed E-state index contributed by atoms with van der Waals surface area (Å²) in [5.74, 6) is -1.23. The number of aromatic nitrogens is 1. The van der Waals surface area contributed by atoms with E-state index in [4.69, 9.17) is 4.52 Å². The molecule has 3 aromatic carbocycles. The van der Waals surface area contributed by atoms with Crippen molar-refractivity contribution in [2.45, 2.75) is 30.8 Å². The van der Waals surface area contributed by atoms with Crippen LogP contribution in [0.2, 0.25) is 0 Å². The number of para-hydroxylation sites is 2. The van der Waals surface area contributed by atoms with Crippen LogP contribution in [0, 0.1) is 6.92 Å². The summed E-state index contributed by atoms with van der Waals surface area (Å²) in [5.41, 5.74) is 4.39. The first kappa shape index (κ1) is 25.8. The minimum Gasteiger partial charge on any atom is -0.378 e. The maximum Gasteiger partial charge on any atom is 0.255 e. The first-order valence-corrected chi connectivity index (χ1v) is 13.8. The molecule has 2 N–H and O–H groups in total. The maximum atomic E-state index is 14.2. The van der Waals surface area contributed by atoms with E-state index in [2.05, 4.69) is 15.8 Å². The zero-order valence-corrected chi connectivity index (χ0v) is 23.4. The number of hydrogen-bond acceptors (Lipinski definition) is 7. The molecule has 210 valence electrons. The smallest absolute Gasteiger partial charge is 0.255 e. The number of aryl methyl sites for hydroxylation is 1. The Morgan fingerprint density at radius 1 is 0.929 bits per heavy atom. The van der Waals surface area contributed by atoms with Gasteiger partial charge in [-0.3, -0.25) is 14.4 Å². The van der Waals surface area contributed by atoms with Gasteiger partial charge in [-0.05, 0) is 48.4 Å². The molecule has 9 nitrogen and oxygen atoms in total. The van der Waals surface area contributed by atoms with Gasteiger partial charge in [0, 0.05) is 43.1 Å². The van der Waals surface area contributed by atoms with Gasteiger partial charge < -0.3 is 25.0 Å². The van der Waals surface area contributed by atoms with E-state index in [9.17, 15) is 14.4 Å². The van der Waals surface area contributed by atoms with E-state index in [1.165, 1.54) is 0 Å². The molecule has 3 atom stereocenters. The molecule has 1 spiro atoms. The number of carbonyl (C=O) groups excluding carboxylic acids is 3. The summed E-state index contributed by atoms with van der Waals surface area (Å²) in [6.45, 7) is 1.79. The van der Waals surface area contributed by atoms with E-state index in [0.29, 0.717) is 34.1 Å². The Bertz CT molecular complexity index is 1790. The minimum absolute atomic E-state index is 0.0910. The number of Topliss-reactive ketones (excluding diaryl/α,β-unsaturated/α-hetero) is 1. The summed E-state index contributed by atoms with van der Waals surface area (Å²) in [6.07, 6.45) is 3.62. The number of rotatable bonds is 5. The van der Waals surface area contributed by atoms with Crippen LogP contribution < -0.4 is 20.4 Å². The average Bonchev–Trinajstić information content (AvgIpc) is 3.68. The fourth-order valence-electron chi connectivity index (χ4n) is 6.59. The molecular formula is C33H29N5O4. The van der Waals surface area contributed by atoms with E-state index in [0.717, 1.165) is 16.8 Å². The third kappa shape index (κ3) is 3.69. The van der Waals surface area contributed by atoms with Gasteiger partial charge in [0.05, 0.1) is 5.92 Å². The number of amides is 2. The summed E-state index contributed by atoms with van der Waals surface area (Å²) >= 11 is 0. The van der Waals surface area contributed by atoms with Crippen LogP contribution >= 0.6 is 0 Å². The van der Waals surface area contributed by atoms with Crippen molar-refractivity contribution in [3.8, 4) is 0 Å². The monoisotopic (exact) mass is 559 g/mol. The fourth-order valence-corrected chi connectivity index (χ4v) is 6.59. The Kier molecular flexibility index (Phi) is 5.79. The van der Waals surface area contributed by atoms with Gasteiger partial charge in [-0.2, -0.15) is 0 Å². The van der Waals surface area contributed by atoms with Crippen molar-refractivity contribution in [3.63, 3.8) is 0 Å². The van der Waals surface area contributed by atoms with Gasteiger partial charge in [0.1, 0.15) is 17.4 Å². The summed E-state index contributed by atoms with van der Waals surface area (Å²) in [7, 11) is 3.97. The molecule has 4 aromatic rings. The Balaban J connectivity index is 1.40. The molecule has 2 amide bonds. The number of benzene rings is 3. The second-order valence-electron chi connectivity index (χ2n) is 11.2.